The summed E-state index contributed by atoms with van der Waals surface area (Å²) in [4.78, 5) is 2.61. The van der Waals surface area contributed by atoms with E-state index in [4.69, 9.17) is 0 Å². The van der Waals surface area contributed by atoms with Crippen LogP contribution in [0, 0.1) is 9.49 Å². The van der Waals surface area contributed by atoms with Crippen LogP contribution < -0.4 is 0 Å². The lowest BCUT2D eigenvalue weighted by Crippen LogP contribution is -2.34. The van der Waals surface area contributed by atoms with Crippen molar-refractivity contribution in [3.8, 4) is 0 Å². The number of rotatable bonds is 3. The lowest BCUT2D eigenvalue weighted by Gasteiger charge is -2.32. The fraction of sp³-hybridized carbons (Fsp3) is 0.571. The van der Waals surface area contributed by atoms with E-state index in [1.165, 1.54) is 41.5 Å². The molecule has 1 heterocycles. The number of likely N-dealkylation sites (tertiary alicyclic amines) is 1. The largest absolute Gasteiger partial charge is 0.299 e. The summed E-state index contributed by atoms with van der Waals surface area (Å²) in [6.45, 7) is 6.03. The van der Waals surface area contributed by atoms with Crippen LogP contribution in [0.25, 0.3) is 0 Å². The van der Waals surface area contributed by atoms with Crippen LogP contribution in [0.15, 0.2) is 24.3 Å². The second kappa shape index (κ2) is 6.01. The van der Waals surface area contributed by atoms with Gasteiger partial charge in [-0.3, -0.25) is 4.90 Å². The molecule has 0 bridgehead atoms. The van der Waals surface area contributed by atoms with E-state index in [1.54, 1.807) is 0 Å². The minimum absolute atomic E-state index is 0.928. The van der Waals surface area contributed by atoms with Crippen LogP contribution in [-0.4, -0.2) is 18.0 Å². The Morgan fingerprint density at radius 3 is 2.75 bits per heavy atom. The van der Waals surface area contributed by atoms with Crippen molar-refractivity contribution in [1.29, 1.82) is 0 Å². The summed E-state index contributed by atoms with van der Waals surface area (Å²) in [6.07, 6.45) is 4.14. The van der Waals surface area contributed by atoms with Crippen molar-refractivity contribution >= 4 is 22.6 Å². The Morgan fingerprint density at radius 1 is 1.31 bits per heavy atom. The van der Waals surface area contributed by atoms with E-state index in [1.807, 2.05) is 0 Å². The van der Waals surface area contributed by atoms with Crippen molar-refractivity contribution < 1.29 is 0 Å². The van der Waals surface area contributed by atoms with E-state index in [-0.39, 0.29) is 0 Å². The Hall–Kier alpha value is -0.0900. The van der Waals surface area contributed by atoms with Crippen LogP contribution in [0.4, 0.5) is 0 Å². The monoisotopic (exact) mass is 329 g/mol. The number of hydrogen-bond acceptors (Lipinski definition) is 1. The summed E-state index contributed by atoms with van der Waals surface area (Å²) >= 11 is 2.36. The van der Waals surface area contributed by atoms with E-state index in [9.17, 15) is 0 Å². The van der Waals surface area contributed by atoms with Crippen molar-refractivity contribution in [3.05, 3.63) is 33.4 Å². The molecule has 0 spiro atoms. The molecule has 0 aromatic heterocycles. The highest BCUT2D eigenvalue weighted by Gasteiger charge is 2.18. The molecule has 1 aromatic carbocycles. The average molecular weight is 329 g/mol. The molecular formula is C14H20IN. The first-order valence-corrected chi connectivity index (χ1v) is 7.32. The van der Waals surface area contributed by atoms with Gasteiger partial charge in [0.05, 0.1) is 0 Å². The van der Waals surface area contributed by atoms with Gasteiger partial charge >= 0.3 is 0 Å². The molecule has 0 N–H and O–H groups in total. The smallest absolute Gasteiger partial charge is 0.0233 e. The minimum Gasteiger partial charge on any atom is -0.299 e. The Balaban J connectivity index is 1.91. The standard InChI is InChI=1S/C14H20IN/c1-2-12-4-3-9-16(10-12)11-13-5-7-14(15)8-6-13/h5-8,12H,2-4,9-11H2,1H3. The van der Waals surface area contributed by atoms with Crippen molar-refractivity contribution in [2.75, 3.05) is 13.1 Å². The van der Waals surface area contributed by atoms with E-state index in [0.717, 1.165) is 12.5 Å². The number of halogens is 1. The minimum atomic E-state index is 0.928. The highest BCUT2D eigenvalue weighted by Crippen LogP contribution is 2.20. The molecule has 2 rings (SSSR count). The molecule has 1 unspecified atom stereocenters. The quantitative estimate of drug-likeness (QED) is 0.760. The van der Waals surface area contributed by atoms with Crippen molar-refractivity contribution in [3.63, 3.8) is 0 Å². The Kier molecular flexibility index (Phi) is 4.65. The van der Waals surface area contributed by atoms with Crippen LogP contribution in [0.2, 0.25) is 0 Å². The van der Waals surface area contributed by atoms with Crippen LogP contribution in [-0.2, 0) is 6.54 Å². The van der Waals surface area contributed by atoms with Gasteiger partial charge in [0.1, 0.15) is 0 Å². The van der Waals surface area contributed by atoms with Crippen LogP contribution >= 0.6 is 22.6 Å². The normalized spacial score (nSPS) is 22.2. The summed E-state index contributed by atoms with van der Waals surface area (Å²) in [7, 11) is 0. The Labute approximate surface area is 112 Å². The third kappa shape index (κ3) is 3.45. The summed E-state index contributed by atoms with van der Waals surface area (Å²) in [5, 5.41) is 0. The van der Waals surface area contributed by atoms with Gasteiger partial charge in [0.25, 0.3) is 0 Å². The van der Waals surface area contributed by atoms with E-state index in [0.29, 0.717) is 0 Å². The van der Waals surface area contributed by atoms with E-state index < -0.39 is 0 Å². The first-order valence-electron chi connectivity index (χ1n) is 6.24. The molecule has 88 valence electrons. The van der Waals surface area contributed by atoms with Gasteiger partial charge in [-0.25, -0.2) is 0 Å². The molecule has 1 fully saturated rings. The van der Waals surface area contributed by atoms with Crippen LogP contribution in [0.5, 0.6) is 0 Å². The summed E-state index contributed by atoms with van der Waals surface area (Å²) < 4.78 is 1.33. The third-order valence-electron chi connectivity index (χ3n) is 3.50. The van der Waals surface area contributed by atoms with E-state index >= 15 is 0 Å². The Morgan fingerprint density at radius 2 is 2.06 bits per heavy atom. The van der Waals surface area contributed by atoms with Crippen molar-refractivity contribution in [2.24, 2.45) is 5.92 Å². The molecule has 1 nitrogen and oxygen atoms in total. The van der Waals surface area contributed by atoms with Crippen LogP contribution in [0.3, 0.4) is 0 Å². The molecule has 1 atom stereocenters. The fourth-order valence-electron chi connectivity index (χ4n) is 2.48. The zero-order chi connectivity index (χ0) is 11.4. The SMILES string of the molecule is CCC1CCCN(Cc2ccc(I)cc2)C1. The second-order valence-electron chi connectivity index (χ2n) is 4.78. The molecule has 1 aliphatic rings. The Bertz CT molecular complexity index is 320. The third-order valence-corrected chi connectivity index (χ3v) is 4.22. The molecule has 0 amide bonds. The van der Waals surface area contributed by atoms with Crippen molar-refractivity contribution in [2.45, 2.75) is 32.7 Å². The number of piperidine rings is 1. The van der Waals surface area contributed by atoms with Gasteiger partial charge in [0.15, 0.2) is 0 Å². The van der Waals surface area contributed by atoms with Gasteiger partial charge in [0, 0.05) is 16.7 Å². The maximum absolute atomic E-state index is 2.61. The number of benzene rings is 1. The molecule has 16 heavy (non-hydrogen) atoms. The van der Waals surface area contributed by atoms with Crippen LogP contribution in [0.1, 0.15) is 31.7 Å². The fourth-order valence-corrected chi connectivity index (χ4v) is 2.84. The molecule has 0 saturated carbocycles. The zero-order valence-corrected chi connectivity index (χ0v) is 12.1. The van der Waals surface area contributed by atoms with Gasteiger partial charge in [-0.05, 0) is 65.6 Å². The predicted molar refractivity (Wildman–Crippen MR) is 77.5 cm³/mol. The average Bonchev–Trinajstić information content (AvgIpc) is 2.32. The molecular weight excluding hydrogens is 309 g/mol. The molecule has 0 radical (unpaired) electrons. The summed E-state index contributed by atoms with van der Waals surface area (Å²) in [5.74, 6) is 0.928. The zero-order valence-electron chi connectivity index (χ0n) is 9.95. The van der Waals surface area contributed by atoms with Gasteiger partial charge in [-0.15, -0.1) is 0 Å². The molecule has 1 saturated heterocycles. The van der Waals surface area contributed by atoms with Gasteiger partial charge in [0.2, 0.25) is 0 Å². The maximum Gasteiger partial charge on any atom is 0.0233 e. The van der Waals surface area contributed by atoms with Gasteiger partial charge in [-0.1, -0.05) is 25.5 Å². The molecule has 1 aromatic rings. The topological polar surface area (TPSA) is 3.24 Å². The number of nitrogens with zero attached hydrogens (tertiary/aromatic N) is 1. The summed E-state index contributed by atoms with van der Waals surface area (Å²) in [6, 6.07) is 8.93. The van der Waals surface area contributed by atoms with Gasteiger partial charge < -0.3 is 0 Å². The number of hydrogen-bond donors (Lipinski definition) is 0. The first-order chi connectivity index (χ1) is 7.78. The lowest BCUT2D eigenvalue weighted by molar-refractivity contribution is 0.165. The first kappa shape index (κ1) is 12.4. The second-order valence-corrected chi connectivity index (χ2v) is 6.02. The highest BCUT2D eigenvalue weighted by atomic mass is 127. The molecule has 0 aliphatic carbocycles. The lowest BCUT2D eigenvalue weighted by atomic mass is 9.95. The van der Waals surface area contributed by atoms with Crippen molar-refractivity contribution in [1.82, 2.24) is 4.90 Å². The molecule has 2 heteroatoms. The van der Waals surface area contributed by atoms with E-state index in [2.05, 4.69) is 58.7 Å². The molecule has 1 aliphatic heterocycles. The summed E-state index contributed by atoms with van der Waals surface area (Å²) in [5.41, 5.74) is 1.46. The van der Waals surface area contributed by atoms with Gasteiger partial charge in [-0.2, -0.15) is 0 Å². The highest BCUT2D eigenvalue weighted by molar-refractivity contribution is 14.1. The maximum atomic E-state index is 2.61. The predicted octanol–water partition coefficient (Wildman–Crippen LogP) is 3.91.